The summed E-state index contributed by atoms with van der Waals surface area (Å²) in [6.45, 7) is 0. The van der Waals surface area contributed by atoms with Crippen LogP contribution in [0.4, 0.5) is 0 Å². The Morgan fingerprint density at radius 3 is 2.47 bits per heavy atom. The summed E-state index contributed by atoms with van der Waals surface area (Å²) in [5, 5.41) is 0.669. The van der Waals surface area contributed by atoms with Gasteiger partial charge >= 0.3 is 0 Å². The maximum atomic E-state index is 6.10. The highest BCUT2D eigenvalue weighted by atomic mass is 79.9. The van der Waals surface area contributed by atoms with Gasteiger partial charge < -0.3 is 9.47 Å². The third-order valence-corrected chi connectivity index (χ3v) is 3.95. The average Bonchev–Trinajstić information content (AvgIpc) is 2.35. The van der Waals surface area contributed by atoms with E-state index in [0.29, 0.717) is 11.1 Å². The highest BCUT2D eigenvalue weighted by Crippen LogP contribution is 2.31. The first-order valence-electron chi connectivity index (χ1n) is 5.83. The van der Waals surface area contributed by atoms with Crippen LogP contribution in [0.1, 0.15) is 25.7 Å². The fraction of sp³-hybridized carbons (Fsp3) is 0.538. The molecule has 94 valence electrons. The second-order valence-corrected chi connectivity index (χ2v) is 5.65. The molecule has 0 radical (unpaired) electrons. The van der Waals surface area contributed by atoms with E-state index in [0.717, 1.165) is 35.9 Å². The molecule has 1 aromatic rings. The van der Waals surface area contributed by atoms with Gasteiger partial charge in [0.15, 0.2) is 0 Å². The van der Waals surface area contributed by atoms with Gasteiger partial charge in [-0.15, -0.1) is 0 Å². The lowest BCUT2D eigenvalue weighted by Gasteiger charge is -2.28. The molecule has 2 rings (SSSR count). The first-order valence-corrected chi connectivity index (χ1v) is 7.00. The van der Waals surface area contributed by atoms with E-state index < -0.39 is 0 Å². The van der Waals surface area contributed by atoms with Crippen molar-refractivity contribution in [2.24, 2.45) is 0 Å². The smallest absolute Gasteiger partial charge is 0.139 e. The Labute approximate surface area is 115 Å². The summed E-state index contributed by atoms with van der Waals surface area (Å²) < 4.78 is 12.3. The number of hydrogen-bond acceptors (Lipinski definition) is 2. The molecule has 1 aliphatic carbocycles. The zero-order chi connectivity index (χ0) is 12.3. The van der Waals surface area contributed by atoms with Crippen molar-refractivity contribution in [1.82, 2.24) is 0 Å². The van der Waals surface area contributed by atoms with Crippen LogP contribution in [-0.2, 0) is 4.74 Å². The van der Waals surface area contributed by atoms with Crippen molar-refractivity contribution in [2.75, 3.05) is 7.11 Å². The van der Waals surface area contributed by atoms with Gasteiger partial charge in [-0.25, -0.2) is 0 Å². The molecule has 0 amide bonds. The summed E-state index contributed by atoms with van der Waals surface area (Å²) in [5.74, 6) is 0.766. The Bertz CT molecular complexity index is 376. The predicted molar refractivity (Wildman–Crippen MR) is 72.8 cm³/mol. The van der Waals surface area contributed by atoms with E-state index in [1.54, 1.807) is 7.11 Å². The van der Waals surface area contributed by atoms with Crippen molar-refractivity contribution in [3.8, 4) is 5.75 Å². The number of methoxy groups -OCH3 is 1. The quantitative estimate of drug-likeness (QED) is 0.820. The molecular formula is C13H16BrClO2. The molecule has 0 spiro atoms. The van der Waals surface area contributed by atoms with Gasteiger partial charge in [-0.2, -0.15) is 0 Å². The summed E-state index contributed by atoms with van der Waals surface area (Å²) in [6.07, 6.45) is 4.84. The number of rotatable bonds is 3. The van der Waals surface area contributed by atoms with Crippen LogP contribution in [-0.4, -0.2) is 19.3 Å². The summed E-state index contributed by atoms with van der Waals surface area (Å²) >= 11 is 9.52. The van der Waals surface area contributed by atoms with Crippen molar-refractivity contribution in [3.05, 3.63) is 27.7 Å². The summed E-state index contributed by atoms with van der Waals surface area (Å²) in [7, 11) is 1.77. The number of ether oxygens (including phenoxy) is 2. The Morgan fingerprint density at radius 2 is 1.82 bits per heavy atom. The molecule has 1 saturated carbocycles. The lowest BCUT2D eigenvalue weighted by molar-refractivity contribution is 0.0327. The van der Waals surface area contributed by atoms with E-state index in [2.05, 4.69) is 15.9 Å². The fourth-order valence-corrected chi connectivity index (χ4v) is 2.64. The molecule has 1 aliphatic rings. The maximum Gasteiger partial charge on any atom is 0.139 e. The second-order valence-electron chi connectivity index (χ2n) is 4.33. The van der Waals surface area contributed by atoms with Gasteiger partial charge in [0.1, 0.15) is 5.75 Å². The Morgan fingerprint density at radius 1 is 1.18 bits per heavy atom. The molecule has 1 aromatic carbocycles. The van der Waals surface area contributed by atoms with Gasteiger partial charge in [-0.3, -0.25) is 0 Å². The van der Waals surface area contributed by atoms with Crippen molar-refractivity contribution in [1.29, 1.82) is 0 Å². The van der Waals surface area contributed by atoms with Crippen LogP contribution in [0.3, 0.4) is 0 Å². The Kier molecular flexibility index (Phi) is 4.71. The van der Waals surface area contributed by atoms with Crippen LogP contribution in [0.25, 0.3) is 0 Å². The van der Waals surface area contributed by atoms with Crippen molar-refractivity contribution < 1.29 is 9.47 Å². The van der Waals surface area contributed by atoms with Crippen molar-refractivity contribution >= 4 is 27.5 Å². The third kappa shape index (κ3) is 3.60. The maximum absolute atomic E-state index is 6.10. The Balaban J connectivity index is 1.95. The van der Waals surface area contributed by atoms with E-state index in [4.69, 9.17) is 21.1 Å². The molecule has 0 atom stereocenters. The van der Waals surface area contributed by atoms with Crippen LogP contribution in [0, 0.1) is 0 Å². The van der Waals surface area contributed by atoms with Gasteiger partial charge in [-0.1, -0.05) is 27.5 Å². The van der Waals surface area contributed by atoms with E-state index >= 15 is 0 Å². The summed E-state index contributed by atoms with van der Waals surface area (Å²) in [4.78, 5) is 0. The van der Waals surface area contributed by atoms with Crippen LogP contribution in [0.5, 0.6) is 5.75 Å². The number of benzene rings is 1. The van der Waals surface area contributed by atoms with Crippen molar-refractivity contribution in [3.63, 3.8) is 0 Å². The van der Waals surface area contributed by atoms with E-state index in [1.165, 1.54) is 0 Å². The minimum atomic E-state index is 0.258. The van der Waals surface area contributed by atoms with E-state index in [1.807, 2.05) is 18.2 Å². The van der Waals surface area contributed by atoms with Crippen molar-refractivity contribution in [2.45, 2.75) is 37.9 Å². The largest absolute Gasteiger partial charge is 0.489 e. The van der Waals surface area contributed by atoms with Crippen LogP contribution in [0.2, 0.25) is 5.02 Å². The van der Waals surface area contributed by atoms with E-state index in [9.17, 15) is 0 Å². The van der Waals surface area contributed by atoms with Crippen LogP contribution < -0.4 is 4.74 Å². The van der Waals surface area contributed by atoms with Gasteiger partial charge in [0.2, 0.25) is 0 Å². The summed E-state index contributed by atoms with van der Waals surface area (Å²) in [6, 6.07) is 5.68. The minimum Gasteiger partial charge on any atom is -0.489 e. The lowest BCUT2D eigenvalue weighted by Crippen LogP contribution is -2.27. The lowest BCUT2D eigenvalue weighted by atomic mass is 9.95. The molecule has 0 bridgehead atoms. The standard InChI is InChI=1S/C13H16BrClO2/c1-16-10-3-5-11(6-4-10)17-13-8-9(14)2-7-12(13)15/h2,7-8,10-11H,3-6H2,1H3. The van der Waals surface area contributed by atoms with Crippen LogP contribution >= 0.6 is 27.5 Å². The van der Waals surface area contributed by atoms with Gasteiger partial charge in [0.05, 0.1) is 17.2 Å². The third-order valence-electron chi connectivity index (χ3n) is 3.14. The molecule has 0 saturated heterocycles. The predicted octanol–water partition coefficient (Wildman–Crippen LogP) is 4.44. The summed E-state index contributed by atoms with van der Waals surface area (Å²) in [5.41, 5.74) is 0. The monoisotopic (exact) mass is 318 g/mol. The normalized spacial score (nSPS) is 24.6. The topological polar surface area (TPSA) is 18.5 Å². The van der Waals surface area contributed by atoms with Gasteiger partial charge in [-0.05, 0) is 43.9 Å². The van der Waals surface area contributed by atoms with Crippen LogP contribution in [0.15, 0.2) is 22.7 Å². The van der Waals surface area contributed by atoms with E-state index in [-0.39, 0.29) is 6.10 Å². The first-order chi connectivity index (χ1) is 8.19. The SMILES string of the molecule is COC1CCC(Oc2cc(Br)ccc2Cl)CC1. The molecule has 0 heterocycles. The first kappa shape index (κ1) is 13.2. The Hall–Kier alpha value is -0.250. The van der Waals surface area contributed by atoms with Gasteiger partial charge in [0.25, 0.3) is 0 Å². The minimum absolute atomic E-state index is 0.258. The zero-order valence-electron chi connectivity index (χ0n) is 9.79. The number of halogens is 2. The molecule has 0 N–H and O–H groups in total. The molecule has 4 heteroatoms. The average molecular weight is 320 g/mol. The van der Waals surface area contributed by atoms with Gasteiger partial charge in [0, 0.05) is 11.6 Å². The highest BCUT2D eigenvalue weighted by Gasteiger charge is 2.22. The molecule has 2 nitrogen and oxygen atoms in total. The molecule has 1 fully saturated rings. The highest BCUT2D eigenvalue weighted by molar-refractivity contribution is 9.10. The number of hydrogen-bond donors (Lipinski definition) is 0. The zero-order valence-corrected chi connectivity index (χ0v) is 12.1. The molecule has 0 aliphatic heterocycles. The fourth-order valence-electron chi connectivity index (χ4n) is 2.13. The molecule has 0 unspecified atom stereocenters. The molecule has 17 heavy (non-hydrogen) atoms. The molecule has 0 aromatic heterocycles. The molecular weight excluding hydrogens is 303 g/mol. The second kappa shape index (κ2) is 6.07.